The number of hydrogen-bond donors (Lipinski definition) is 1. The Morgan fingerprint density at radius 3 is 2.86 bits per heavy atom. The first-order valence-corrected chi connectivity index (χ1v) is 8.38. The van der Waals surface area contributed by atoms with Crippen LogP contribution in [0.4, 0.5) is 5.69 Å². The van der Waals surface area contributed by atoms with Gasteiger partial charge in [-0.2, -0.15) is 0 Å². The maximum absolute atomic E-state index is 11.5. The lowest BCUT2D eigenvalue weighted by atomic mass is 10.0. The van der Waals surface area contributed by atoms with Gasteiger partial charge in [-0.05, 0) is 23.1 Å². The van der Waals surface area contributed by atoms with Crippen LogP contribution in [0.3, 0.4) is 0 Å². The molecule has 0 saturated heterocycles. The summed E-state index contributed by atoms with van der Waals surface area (Å²) in [4.78, 5) is 4.27. The molecule has 0 radical (unpaired) electrons. The third kappa shape index (κ3) is 2.17. The Morgan fingerprint density at radius 1 is 1.09 bits per heavy atom. The van der Waals surface area contributed by atoms with Crippen LogP contribution in [0.5, 0.6) is 5.75 Å². The number of anilines is 1. The number of nitrogens with zero attached hydrogens (tertiary/aromatic N) is 1. The standard InChI is InChI=1S/C16H12N2O3S/c19-22(20)10-21-16-7-11(5-6-15(16)18-22)14-9-17-8-12-3-1-2-4-13(12)14/h1-9,18H,10H2. The SMILES string of the molecule is O=S1(=O)COc2cc(-c3cncc4ccccc34)ccc2N1. The molecule has 4 rings (SSSR count). The molecule has 5 nitrogen and oxygen atoms in total. The molecule has 0 fully saturated rings. The molecule has 6 heteroatoms. The molecule has 1 N–H and O–H groups in total. The van der Waals surface area contributed by atoms with Crippen molar-refractivity contribution in [2.75, 3.05) is 10.7 Å². The van der Waals surface area contributed by atoms with E-state index in [4.69, 9.17) is 4.74 Å². The molecule has 2 heterocycles. The third-order valence-corrected chi connectivity index (χ3v) is 4.55. The number of rotatable bonds is 1. The highest BCUT2D eigenvalue weighted by atomic mass is 32.2. The maximum atomic E-state index is 11.5. The highest BCUT2D eigenvalue weighted by Crippen LogP contribution is 2.36. The fraction of sp³-hybridized carbons (Fsp3) is 0.0625. The van der Waals surface area contributed by atoms with Crippen molar-refractivity contribution in [1.29, 1.82) is 0 Å². The van der Waals surface area contributed by atoms with Crippen molar-refractivity contribution in [3.8, 4) is 16.9 Å². The summed E-state index contributed by atoms with van der Waals surface area (Å²) in [6.45, 7) is 0. The van der Waals surface area contributed by atoms with Crippen LogP contribution in [-0.4, -0.2) is 19.3 Å². The molecular formula is C16H12N2O3S. The van der Waals surface area contributed by atoms with E-state index in [9.17, 15) is 8.42 Å². The number of ether oxygens (including phenoxy) is 1. The van der Waals surface area contributed by atoms with E-state index in [1.807, 2.05) is 42.6 Å². The van der Waals surface area contributed by atoms with Gasteiger partial charge in [0.25, 0.3) is 10.0 Å². The average molecular weight is 312 g/mol. The van der Waals surface area contributed by atoms with Crippen molar-refractivity contribution in [1.82, 2.24) is 4.98 Å². The smallest absolute Gasteiger partial charge is 0.268 e. The largest absolute Gasteiger partial charge is 0.474 e. The van der Waals surface area contributed by atoms with Crippen LogP contribution in [-0.2, 0) is 10.0 Å². The van der Waals surface area contributed by atoms with Gasteiger partial charge in [-0.1, -0.05) is 30.3 Å². The Balaban J connectivity index is 1.87. The summed E-state index contributed by atoms with van der Waals surface area (Å²) in [5.41, 5.74) is 2.38. The van der Waals surface area contributed by atoms with E-state index < -0.39 is 10.0 Å². The molecule has 0 unspecified atom stereocenters. The van der Waals surface area contributed by atoms with Crippen molar-refractivity contribution >= 4 is 26.5 Å². The van der Waals surface area contributed by atoms with E-state index >= 15 is 0 Å². The highest BCUT2D eigenvalue weighted by Gasteiger charge is 2.21. The predicted octanol–water partition coefficient (Wildman–Crippen LogP) is 2.99. The Labute approximate surface area is 127 Å². The minimum absolute atomic E-state index is 0.364. The summed E-state index contributed by atoms with van der Waals surface area (Å²) < 4.78 is 30.8. The molecule has 3 aromatic rings. The van der Waals surface area contributed by atoms with Gasteiger partial charge in [0.15, 0.2) is 0 Å². The van der Waals surface area contributed by atoms with Crippen LogP contribution in [0, 0.1) is 0 Å². The van der Waals surface area contributed by atoms with E-state index in [2.05, 4.69) is 9.71 Å². The van der Waals surface area contributed by atoms with E-state index in [1.54, 1.807) is 12.3 Å². The van der Waals surface area contributed by atoms with Crippen LogP contribution < -0.4 is 9.46 Å². The Hall–Kier alpha value is -2.60. The van der Waals surface area contributed by atoms with Crippen LogP contribution >= 0.6 is 0 Å². The van der Waals surface area contributed by atoms with Crippen LogP contribution in [0.25, 0.3) is 21.9 Å². The number of nitrogens with one attached hydrogen (secondary N) is 1. The maximum Gasteiger partial charge on any atom is 0.268 e. The molecule has 22 heavy (non-hydrogen) atoms. The van der Waals surface area contributed by atoms with Gasteiger partial charge in [0, 0.05) is 23.3 Å². The Kier molecular flexibility index (Phi) is 2.80. The first-order chi connectivity index (χ1) is 10.6. The van der Waals surface area contributed by atoms with Crippen molar-refractivity contribution in [3.05, 3.63) is 54.9 Å². The second kappa shape index (κ2) is 4.71. The zero-order valence-electron chi connectivity index (χ0n) is 11.5. The van der Waals surface area contributed by atoms with Gasteiger partial charge in [0.2, 0.25) is 5.94 Å². The van der Waals surface area contributed by atoms with Gasteiger partial charge in [0.05, 0.1) is 5.69 Å². The number of pyridine rings is 1. The van der Waals surface area contributed by atoms with E-state index in [1.165, 1.54) is 0 Å². The first kappa shape index (κ1) is 13.1. The monoisotopic (exact) mass is 312 g/mol. The van der Waals surface area contributed by atoms with Gasteiger partial charge < -0.3 is 4.74 Å². The topological polar surface area (TPSA) is 68.3 Å². The van der Waals surface area contributed by atoms with Gasteiger partial charge in [-0.3, -0.25) is 9.71 Å². The Bertz CT molecular complexity index is 978. The zero-order valence-corrected chi connectivity index (χ0v) is 12.3. The second-order valence-electron chi connectivity index (χ2n) is 5.10. The summed E-state index contributed by atoms with van der Waals surface area (Å²) in [7, 11) is -3.39. The average Bonchev–Trinajstić information content (AvgIpc) is 2.53. The van der Waals surface area contributed by atoms with Crippen molar-refractivity contribution in [2.24, 2.45) is 0 Å². The van der Waals surface area contributed by atoms with E-state index in [-0.39, 0.29) is 5.94 Å². The number of sulfonamides is 1. The van der Waals surface area contributed by atoms with Crippen molar-refractivity contribution in [3.63, 3.8) is 0 Å². The van der Waals surface area contributed by atoms with Crippen LogP contribution in [0.15, 0.2) is 54.9 Å². The van der Waals surface area contributed by atoms with Crippen LogP contribution in [0.2, 0.25) is 0 Å². The summed E-state index contributed by atoms with van der Waals surface area (Å²) in [6, 6.07) is 13.4. The molecule has 1 aliphatic heterocycles. The molecule has 0 bridgehead atoms. The number of hydrogen-bond acceptors (Lipinski definition) is 4. The quantitative estimate of drug-likeness (QED) is 0.750. The molecule has 0 saturated carbocycles. The van der Waals surface area contributed by atoms with Gasteiger partial charge in [-0.25, -0.2) is 8.42 Å². The normalized spacial score (nSPS) is 15.6. The zero-order chi connectivity index (χ0) is 15.2. The summed E-state index contributed by atoms with van der Waals surface area (Å²) in [5, 5.41) is 2.15. The molecule has 110 valence electrons. The lowest BCUT2D eigenvalue weighted by Crippen LogP contribution is -2.25. The molecule has 1 aromatic heterocycles. The summed E-state index contributed by atoms with van der Waals surface area (Å²) in [6.07, 6.45) is 3.62. The van der Waals surface area contributed by atoms with E-state index in [0.717, 1.165) is 21.9 Å². The van der Waals surface area contributed by atoms with Gasteiger partial charge in [0.1, 0.15) is 5.75 Å². The molecular weight excluding hydrogens is 300 g/mol. The molecule has 2 aromatic carbocycles. The van der Waals surface area contributed by atoms with Crippen molar-refractivity contribution in [2.45, 2.75) is 0 Å². The van der Waals surface area contributed by atoms with E-state index in [0.29, 0.717) is 11.4 Å². The summed E-state index contributed by atoms with van der Waals surface area (Å²) in [5.74, 6) is 0.164. The molecule has 1 aliphatic rings. The first-order valence-electron chi connectivity index (χ1n) is 6.73. The second-order valence-corrected chi connectivity index (χ2v) is 6.77. The Morgan fingerprint density at radius 2 is 1.95 bits per heavy atom. The fourth-order valence-corrected chi connectivity index (χ4v) is 3.42. The molecule has 0 atom stereocenters. The lowest BCUT2D eigenvalue weighted by molar-refractivity contribution is 0.374. The summed E-state index contributed by atoms with van der Waals surface area (Å²) >= 11 is 0. The molecule has 0 amide bonds. The lowest BCUT2D eigenvalue weighted by Gasteiger charge is -2.20. The number of fused-ring (bicyclic) bond motifs is 2. The van der Waals surface area contributed by atoms with Crippen LogP contribution in [0.1, 0.15) is 0 Å². The minimum atomic E-state index is -3.39. The van der Waals surface area contributed by atoms with Gasteiger partial charge >= 0.3 is 0 Å². The number of aromatic nitrogens is 1. The van der Waals surface area contributed by atoms with Crippen molar-refractivity contribution < 1.29 is 13.2 Å². The highest BCUT2D eigenvalue weighted by molar-refractivity contribution is 7.92. The van der Waals surface area contributed by atoms with Gasteiger partial charge in [-0.15, -0.1) is 0 Å². The predicted molar refractivity (Wildman–Crippen MR) is 85.2 cm³/mol. The molecule has 0 spiro atoms. The molecule has 0 aliphatic carbocycles. The minimum Gasteiger partial charge on any atom is -0.474 e. The number of benzene rings is 2. The fourth-order valence-electron chi connectivity index (χ4n) is 2.58. The third-order valence-electron chi connectivity index (χ3n) is 3.60.